The van der Waals surface area contributed by atoms with Crippen LogP contribution in [0.5, 0.6) is 0 Å². The van der Waals surface area contributed by atoms with Crippen LogP contribution in [0.15, 0.2) is 41.0 Å². The quantitative estimate of drug-likeness (QED) is 0.652. The normalized spacial score (nSPS) is 11.0. The van der Waals surface area contributed by atoms with Crippen LogP contribution in [0.3, 0.4) is 0 Å². The molecule has 2 aromatic heterocycles. The second-order valence-electron chi connectivity index (χ2n) is 3.53. The minimum Gasteiger partial charge on any atom is -0.461 e. The van der Waals surface area contributed by atoms with Crippen LogP contribution < -0.4 is 0 Å². The molecule has 3 rings (SSSR count). The van der Waals surface area contributed by atoms with Crippen molar-refractivity contribution in [1.29, 1.82) is 0 Å². The molecule has 0 aliphatic heterocycles. The van der Waals surface area contributed by atoms with Crippen molar-refractivity contribution in [3.63, 3.8) is 0 Å². The molecule has 0 saturated heterocycles. The van der Waals surface area contributed by atoms with E-state index in [1.807, 2.05) is 24.3 Å². The Kier molecular flexibility index (Phi) is 1.65. The van der Waals surface area contributed by atoms with Crippen molar-refractivity contribution in [2.45, 2.75) is 6.92 Å². The molecular formula is C12H10N2O. The van der Waals surface area contributed by atoms with Crippen LogP contribution in [0.25, 0.3) is 22.6 Å². The van der Waals surface area contributed by atoms with Gasteiger partial charge in [0.25, 0.3) is 0 Å². The lowest BCUT2D eigenvalue weighted by molar-refractivity contribution is 0.578. The Balaban J connectivity index is 2.27. The topological polar surface area (TPSA) is 41.8 Å². The monoisotopic (exact) mass is 198 g/mol. The molecule has 15 heavy (non-hydrogen) atoms. The molecule has 0 bridgehead atoms. The van der Waals surface area contributed by atoms with Gasteiger partial charge in [-0.2, -0.15) is 0 Å². The van der Waals surface area contributed by atoms with E-state index in [1.54, 1.807) is 6.26 Å². The Morgan fingerprint density at radius 2 is 2.13 bits per heavy atom. The first kappa shape index (κ1) is 8.29. The van der Waals surface area contributed by atoms with Crippen LogP contribution in [-0.2, 0) is 0 Å². The van der Waals surface area contributed by atoms with E-state index in [2.05, 4.69) is 23.0 Å². The van der Waals surface area contributed by atoms with Crippen LogP contribution in [0.4, 0.5) is 0 Å². The summed E-state index contributed by atoms with van der Waals surface area (Å²) in [6.07, 6.45) is 1.65. The number of furan rings is 1. The van der Waals surface area contributed by atoms with Gasteiger partial charge < -0.3 is 9.40 Å². The number of imidazole rings is 1. The summed E-state index contributed by atoms with van der Waals surface area (Å²) in [7, 11) is 0. The van der Waals surface area contributed by atoms with Crippen molar-refractivity contribution in [3.8, 4) is 11.6 Å². The van der Waals surface area contributed by atoms with Crippen molar-refractivity contribution >= 4 is 11.0 Å². The molecule has 0 saturated carbocycles. The van der Waals surface area contributed by atoms with E-state index in [0.29, 0.717) is 0 Å². The highest BCUT2D eigenvalue weighted by Gasteiger charge is 2.07. The van der Waals surface area contributed by atoms with E-state index in [4.69, 9.17) is 4.42 Å². The third-order valence-electron chi connectivity index (χ3n) is 2.47. The van der Waals surface area contributed by atoms with Crippen LogP contribution in [0, 0.1) is 6.92 Å². The number of fused-ring (bicyclic) bond motifs is 1. The van der Waals surface area contributed by atoms with Gasteiger partial charge in [-0.25, -0.2) is 4.98 Å². The second kappa shape index (κ2) is 2.98. The molecule has 0 amide bonds. The molecule has 1 aromatic carbocycles. The van der Waals surface area contributed by atoms with Crippen molar-refractivity contribution in [3.05, 3.63) is 42.2 Å². The smallest absolute Gasteiger partial charge is 0.174 e. The summed E-state index contributed by atoms with van der Waals surface area (Å²) in [5.41, 5.74) is 3.21. The maximum Gasteiger partial charge on any atom is 0.174 e. The first-order valence-electron chi connectivity index (χ1n) is 4.84. The third-order valence-corrected chi connectivity index (χ3v) is 2.47. The minimum atomic E-state index is 0.769. The molecule has 0 spiro atoms. The number of aromatic nitrogens is 2. The molecule has 3 aromatic rings. The average molecular weight is 198 g/mol. The third kappa shape index (κ3) is 1.24. The summed E-state index contributed by atoms with van der Waals surface area (Å²) in [6.45, 7) is 2.05. The van der Waals surface area contributed by atoms with Gasteiger partial charge in [-0.15, -0.1) is 0 Å². The summed E-state index contributed by atoms with van der Waals surface area (Å²) >= 11 is 0. The number of nitrogens with zero attached hydrogens (tertiary/aromatic N) is 1. The molecule has 2 heterocycles. The number of H-pyrrole nitrogens is 1. The zero-order chi connectivity index (χ0) is 10.3. The molecule has 74 valence electrons. The molecule has 0 aliphatic carbocycles. The Morgan fingerprint density at radius 1 is 1.20 bits per heavy atom. The van der Waals surface area contributed by atoms with Crippen LogP contribution in [0.1, 0.15) is 5.56 Å². The maximum atomic E-state index is 5.30. The number of nitrogens with one attached hydrogen (secondary N) is 1. The molecule has 0 radical (unpaired) electrons. The first-order chi connectivity index (χ1) is 7.34. The largest absolute Gasteiger partial charge is 0.461 e. The SMILES string of the molecule is Cc1cccc2[nH]c(-c3ccco3)nc12. The van der Waals surface area contributed by atoms with Crippen molar-refractivity contribution in [1.82, 2.24) is 9.97 Å². The zero-order valence-electron chi connectivity index (χ0n) is 8.32. The predicted molar refractivity (Wildman–Crippen MR) is 58.5 cm³/mol. The van der Waals surface area contributed by atoms with Gasteiger partial charge in [-0.3, -0.25) is 0 Å². The van der Waals surface area contributed by atoms with Gasteiger partial charge in [0.05, 0.1) is 17.3 Å². The lowest BCUT2D eigenvalue weighted by Gasteiger charge is -1.90. The predicted octanol–water partition coefficient (Wildman–Crippen LogP) is 3.13. The van der Waals surface area contributed by atoms with Crippen molar-refractivity contribution < 1.29 is 4.42 Å². The number of benzene rings is 1. The van der Waals surface area contributed by atoms with Gasteiger partial charge in [-0.1, -0.05) is 12.1 Å². The molecule has 0 aliphatic rings. The van der Waals surface area contributed by atoms with Crippen LogP contribution in [0.2, 0.25) is 0 Å². The summed E-state index contributed by atoms with van der Waals surface area (Å²) < 4.78 is 5.30. The molecule has 1 N–H and O–H groups in total. The lowest BCUT2D eigenvalue weighted by Crippen LogP contribution is -1.75. The lowest BCUT2D eigenvalue weighted by atomic mass is 10.2. The average Bonchev–Trinajstić information content (AvgIpc) is 2.86. The molecular weight excluding hydrogens is 188 g/mol. The molecule has 3 heteroatoms. The maximum absolute atomic E-state index is 5.30. The Labute approximate surface area is 86.8 Å². The molecule has 0 fully saturated rings. The van der Waals surface area contributed by atoms with Gasteiger partial charge in [-0.05, 0) is 30.7 Å². The van der Waals surface area contributed by atoms with E-state index in [0.717, 1.165) is 22.6 Å². The van der Waals surface area contributed by atoms with Crippen molar-refractivity contribution in [2.75, 3.05) is 0 Å². The van der Waals surface area contributed by atoms with E-state index in [-0.39, 0.29) is 0 Å². The highest BCUT2D eigenvalue weighted by atomic mass is 16.3. The minimum absolute atomic E-state index is 0.769. The Hall–Kier alpha value is -2.03. The van der Waals surface area contributed by atoms with Gasteiger partial charge in [0.15, 0.2) is 11.6 Å². The molecule has 3 nitrogen and oxygen atoms in total. The highest BCUT2D eigenvalue weighted by Crippen LogP contribution is 2.22. The molecule has 0 atom stereocenters. The van der Waals surface area contributed by atoms with E-state index in [9.17, 15) is 0 Å². The van der Waals surface area contributed by atoms with Crippen LogP contribution in [-0.4, -0.2) is 9.97 Å². The highest BCUT2D eigenvalue weighted by molar-refractivity contribution is 5.81. The number of aryl methyl sites for hydroxylation is 1. The fourth-order valence-corrected chi connectivity index (χ4v) is 1.71. The van der Waals surface area contributed by atoms with E-state index in [1.165, 1.54) is 5.56 Å². The Bertz CT molecular complexity index is 593. The summed E-state index contributed by atoms with van der Waals surface area (Å²) in [5, 5.41) is 0. The number of aromatic amines is 1. The summed E-state index contributed by atoms with van der Waals surface area (Å²) in [6, 6.07) is 9.83. The summed E-state index contributed by atoms with van der Waals surface area (Å²) in [4.78, 5) is 7.74. The fraction of sp³-hybridized carbons (Fsp3) is 0.0833. The summed E-state index contributed by atoms with van der Waals surface area (Å²) in [5.74, 6) is 1.55. The van der Waals surface area contributed by atoms with Crippen molar-refractivity contribution in [2.24, 2.45) is 0 Å². The fourth-order valence-electron chi connectivity index (χ4n) is 1.71. The van der Waals surface area contributed by atoms with Crippen LogP contribution >= 0.6 is 0 Å². The van der Waals surface area contributed by atoms with Gasteiger partial charge >= 0.3 is 0 Å². The first-order valence-corrected chi connectivity index (χ1v) is 4.84. The molecule has 0 unspecified atom stereocenters. The second-order valence-corrected chi connectivity index (χ2v) is 3.53. The number of hydrogen-bond donors (Lipinski definition) is 1. The van der Waals surface area contributed by atoms with Gasteiger partial charge in [0, 0.05) is 0 Å². The number of para-hydroxylation sites is 1. The van der Waals surface area contributed by atoms with E-state index < -0.39 is 0 Å². The Morgan fingerprint density at radius 3 is 2.87 bits per heavy atom. The van der Waals surface area contributed by atoms with E-state index >= 15 is 0 Å². The standard InChI is InChI=1S/C12H10N2O/c1-8-4-2-5-9-11(8)14-12(13-9)10-6-3-7-15-10/h2-7H,1H3,(H,13,14). The number of rotatable bonds is 1. The van der Waals surface area contributed by atoms with Gasteiger partial charge in [0.2, 0.25) is 0 Å². The number of hydrogen-bond acceptors (Lipinski definition) is 2. The van der Waals surface area contributed by atoms with Gasteiger partial charge in [0.1, 0.15) is 0 Å². The zero-order valence-corrected chi connectivity index (χ0v) is 8.32.